The molecule has 29 heavy (non-hydrogen) atoms. The third-order valence-electron chi connectivity index (χ3n) is 5.00. The molecule has 0 amide bonds. The number of non-ortho nitro benzene ring substituents is 1. The van der Waals surface area contributed by atoms with Gasteiger partial charge in [0.2, 0.25) is 0 Å². The van der Waals surface area contributed by atoms with Crippen LogP contribution in [0.5, 0.6) is 0 Å². The van der Waals surface area contributed by atoms with E-state index in [2.05, 4.69) is 11.1 Å². The van der Waals surface area contributed by atoms with Crippen molar-refractivity contribution >= 4 is 33.7 Å². The van der Waals surface area contributed by atoms with Crippen LogP contribution in [0, 0.1) is 21.4 Å². The van der Waals surface area contributed by atoms with Crippen molar-refractivity contribution < 1.29 is 14.8 Å². The maximum atomic E-state index is 11.1. The average Bonchev–Trinajstić information content (AvgIpc) is 3.28. The summed E-state index contributed by atoms with van der Waals surface area (Å²) in [4.78, 5) is 18.2. The van der Waals surface area contributed by atoms with Crippen molar-refractivity contribution in [3.63, 3.8) is 0 Å². The molecule has 2 atom stereocenters. The molecule has 0 saturated carbocycles. The Morgan fingerprint density at radius 2 is 2.31 bits per heavy atom. The number of nitro groups is 1. The number of nitro benzene ring substituents is 1. The smallest absolute Gasteiger partial charge is 0.270 e. The molecule has 3 aromatic rings. The molecular formula is C20H18N4O4S. The van der Waals surface area contributed by atoms with Crippen molar-refractivity contribution in [2.24, 2.45) is 0 Å². The fourth-order valence-electron chi connectivity index (χ4n) is 3.56. The minimum Gasteiger partial charge on any atom is -0.387 e. The number of pyridine rings is 1. The first-order valence-corrected chi connectivity index (χ1v) is 10.00. The third kappa shape index (κ3) is 3.91. The molecule has 148 valence electrons. The molecule has 0 spiro atoms. The van der Waals surface area contributed by atoms with Gasteiger partial charge in [-0.3, -0.25) is 10.1 Å². The molecule has 9 heteroatoms. The van der Waals surface area contributed by atoms with Crippen LogP contribution in [-0.4, -0.2) is 40.8 Å². The Balaban J connectivity index is 1.68. The summed E-state index contributed by atoms with van der Waals surface area (Å²) >= 11 is 1.51. The summed E-state index contributed by atoms with van der Waals surface area (Å²) < 4.78 is 5.62. The number of morpholine rings is 1. The molecule has 1 aliphatic rings. The Labute approximate surface area is 170 Å². The normalized spacial score (nSPS) is 17.8. The maximum Gasteiger partial charge on any atom is 0.270 e. The molecule has 8 nitrogen and oxygen atoms in total. The van der Waals surface area contributed by atoms with Gasteiger partial charge in [0.15, 0.2) is 0 Å². The number of aliphatic hydroxyl groups excluding tert-OH is 1. The van der Waals surface area contributed by atoms with Crippen molar-refractivity contribution in [2.75, 3.05) is 24.7 Å². The summed E-state index contributed by atoms with van der Waals surface area (Å²) in [5.41, 5.74) is 0.776. The summed E-state index contributed by atoms with van der Waals surface area (Å²) in [6, 6.07) is 11.8. The number of fused-ring (bicyclic) bond motifs is 1. The molecule has 1 fully saturated rings. The van der Waals surface area contributed by atoms with E-state index in [0.717, 1.165) is 4.88 Å². The zero-order valence-corrected chi connectivity index (χ0v) is 16.2. The van der Waals surface area contributed by atoms with E-state index in [1.807, 2.05) is 22.4 Å². The van der Waals surface area contributed by atoms with Gasteiger partial charge in [0.05, 0.1) is 47.4 Å². The lowest BCUT2D eigenvalue weighted by Crippen LogP contribution is -2.46. The van der Waals surface area contributed by atoms with Crippen LogP contribution in [0.25, 0.3) is 10.9 Å². The predicted octanol–water partition coefficient (Wildman–Crippen LogP) is 3.41. The molecule has 2 unspecified atom stereocenters. The molecule has 0 radical (unpaired) electrons. The highest BCUT2D eigenvalue weighted by Gasteiger charge is 2.28. The molecule has 4 rings (SSSR count). The minimum atomic E-state index is -0.609. The van der Waals surface area contributed by atoms with E-state index in [-0.39, 0.29) is 11.7 Å². The van der Waals surface area contributed by atoms with Gasteiger partial charge in [0.1, 0.15) is 5.82 Å². The summed E-state index contributed by atoms with van der Waals surface area (Å²) in [7, 11) is 0. The lowest BCUT2D eigenvalue weighted by molar-refractivity contribution is -0.384. The number of nitriles is 1. The Bertz CT molecular complexity index is 1080. The van der Waals surface area contributed by atoms with Gasteiger partial charge in [-0.2, -0.15) is 5.26 Å². The first-order chi connectivity index (χ1) is 14.1. The van der Waals surface area contributed by atoms with Crippen LogP contribution < -0.4 is 4.90 Å². The fourth-order valence-corrected chi connectivity index (χ4v) is 4.28. The second kappa shape index (κ2) is 8.13. The highest BCUT2D eigenvalue weighted by molar-refractivity contribution is 7.10. The zero-order valence-electron chi connectivity index (χ0n) is 15.4. The van der Waals surface area contributed by atoms with Crippen molar-refractivity contribution in [3.05, 3.63) is 62.3 Å². The van der Waals surface area contributed by atoms with Crippen LogP contribution in [0.15, 0.2) is 41.8 Å². The van der Waals surface area contributed by atoms with Crippen LogP contribution >= 0.6 is 11.3 Å². The van der Waals surface area contributed by atoms with Gasteiger partial charge in [-0.05, 0) is 23.6 Å². The van der Waals surface area contributed by atoms with E-state index in [1.54, 1.807) is 12.1 Å². The Morgan fingerprint density at radius 3 is 3.03 bits per heavy atom. The van der Waals surface area contributed by atoms with Gasteiger partial charge < -0.3 is 14.7 Å². The molecule has 3 heterocycles. The van der Waals surface area contributed by atoms with Gasteiger partial charge in [0.25, 0.3) is 5.69 Å². The Hall–Kier alpha value is -3.06. The van der Waals surface area contributed by atoms with E-state index in [1.165, 1.54) is 23.5 Å². The average molecular weight is 410 g/mol. The Morgan fingerprint density at radius 1 is 1.45 bits per heavy atom. The number of rotatable bonds is 5. The fraction of sp³-hybridized carbons (Fsp3) is 0.300. The van der Waals surface area contributed by atoms with Gasteiger partial charge in [-0.1, -0.05) is 6.07 Å². The van der Waals surface area contributed by atoms with Crippen LogP contribution in [0.2, 0.25) is 0 Å². The molecule has 1 aliphatic heterocycles. The van der Waals surface area contributed by atoms with Crippen LogP contribution in [0.3, 0.4) is 0 Å². The molecule has 1 saturated heterocycles. The standard InChI is InChI=1S/C20H18N4O4S/c21-11-13-8-20(22-17-4-3-14(24(26)27)9-16(13)17)23-5-6-28-12-15(23)10-18(25)19-2-1-7-29-19/h1-4,7-9,15,18,25H,5-6,10,12H2. The number of benzene rings is 1. The van der Waals surface area contributed by atoms with Crippen molar-refractivity contribution in [1.82, 2.24) is 4.98 Å². The predicted molar refractivity (Wildman–Crippen MR) is 109 cm³/mol. The summed E-state index contributed by atoms with van der Waals surface area (Å²) in [6.07, 6.45) is -0.134. The first kappa shape index (κ1) is 19.3. The van der Waals surface area contributed by atoms with Crippen molar-refractivity contribution in [2.45, 2.75) is 18.6 Å². The minimum absolute atomic E-state index is 0.0770. The van der Waals surface area contributed by atoms with E-state index >= 15 is 0 Å². The molecule has 2 aromatic heterocycles. The van der Waals surface area contributed by atoms with Crippen LogP contribution in [0.1, 0.15) is 23.0 Å². The van der Waals surface area contributed by atoms with Gasteiger partial charge in [0, 0.05) is 35.4 Å². The summed E-state index contributed by atoms with van der Waals surface area (Å²) in [5.74, 6) is 0.606. The second-order valence-electron chi connectivity index (χ2n) is 6.79. The quantitative estimate of drug-likeness (QED) is 0.507. The molecular weight excluding hydrogens is 392 g/mol. The second-order valence-corrected chi connectivity index (χ2v) is 7.77. The number of hydrogen-bond acceptors (Lipinski definition) is 8. The molecule has 0 bridgehead atoms. The van der Waals surface area contributed by atoms with Gasteiger partial charge >= 0.3 is 0 Å². The first-order valence-electron chi connectivity index (χ1n) is 9.12. The number of hydrogen-bond donors (Lipinski definition) is 1. The van der Waals surface area contributed by atoms with E-state index in [0.29, 0.717) is 48.5 Å². The monoisotopic (exact) mass is 410 g/mol. The number of ether oxygens (including phenoxy) is 1. The number of nitrogens with zero attached hydrogens (tertiary/aromatic N) is 4. The third-order valence-corrected chi connectivity index (χ3v) is 5.97. The number of anilines is 1. The van der Waals surface area contributed by atoms with Crippen molar-refractivity contribution in [1.29, 1.82) is 5.26 Å². The largest absolute Gasteiger partial charge is 0.387 e. The van der Waals surface area contributed by atoms with Crippen LogP contribution in [0.4, 0.5) is 11.5 Å². The summed E-state index contributed by atoms with van der Waals surface area (Å²) in [6.45, 7) is 1.55. The molecule has 1 N–H and O–H groups in total. The molecule has 0 aliphatic carbocycles. The van der Waals surface area contributed by atoms with E-state index in [9.17, 15) is 20.5 Å². The highest BCUT2D eigenvalue weighted by Crippen LogP contribution is 2.31. The Kier molecular flexibility index (Phi) is 5.40. The maximum absolute atomic E-state index is 11.1. The van der Waals surface area contributed by atoms with Gasteiger partial charge in [-0.15, -0.1) is 11.3 Å². The van der Waals surface area contributed by atoms with Crippen LogP contribution in [-0.2, 0) is 4.74 Å². The lowest BCUT2D eigenvalue weighted by Gasteiger charge is -2.37. The summed E-state index contributed by atoms with van der Waals surface area (Å²) in [5, 5.41) is 33.6. The number of thiophene rings is 1. The highest BCUT2D eigenvalue weighted by atomic mass is 32.1. The van der Waals surface area contributed by atoms with E-state index < -0.39 is 11.0 Å². The topological polar surface area (TPSA) is 113 Å². The van der Waals surface area contributed by atoms with Crippen molar-refractivity contribution in [3.8, 4) is 6.07 Å². The lowest BCUT2D eigenvalue weighted by atomic mass is 10.0. The van der Waals surface area contributed by atoms with E-state index in [4.69, 9.17) is 4.74 Å². The number of aliphatic hydroxyl groups is 1. The number of aromatic nitrogens is 1. The molecule has 1 aromatic carbocycles. The van der Waals surface area contributed by atoms with Gasteiger partial charge in [-0.25, -0.2) is 4.98 Å². The SMILES string of the molecule is N#Cc1cc(N2CCOCC2CC(O)c2cccs2)nc2ccc([N+](=O)[O-])cc12. The zero-order chi connectivity index (χ0) is 20.4.